The summed E-state index contributed by atoms with van der Waals surface area (Å²) in [6, 6.07) is -3.82. The zero-order valence-corrected chi connectivity index (χ0v) is 22.8. The van der Waals surface area contributed by atoms with E-state index in [2.05, 4.69) is 16.0 Å². The highest BCUT2D eigenvalue weighted by molar-refractivity contribution is 8.76. The van der Waals surface area contributed by atoms with Crippen LogP contribution in [-0.4, -0.2) is 111 Å². The number of carbonyl (C=O) groups excluding carboxylic acids is 4. The Balaban J connectivity index is 5.18. The van der Waals surface area contributed by atoms with Crippen LogP contribution in [0.2, 0.25) is 0 Å². The van der Waals surface area contributed by atoms with Crippen molar-refractivity contribution in [3.63, 3.8) is 0 Å². The fourth-order valence-electron chi connectivity index (χ4n) is 2.74. The summed E-state index contributed by atoms with van der Waals surface area (Å²) in [5, 5.41) is 41.8. The minimum atomic E-state index is -1.34. The summed E-state index contributed by atoms with van der Waals surface area (Å²) in [6.45, 7) is -1.43. The molecule has 0 saturated heterocycles. The number of aliphatic carboxylic acids is 4. The Labute approximate surface area is 235 Å². The number of carbonyl (C=O) groups is 8. The summed E-state index contributed by atoms with van der Waals surface area (Å²) in [7, 11) is 1.99. The van der Waals surface area contributed by atoms with Gasteiger partial charge in [-0.05, 0) is 12.8 Å². The lowest BCUT2D eigenvalue weighted by Crippen LogP contribution is -2.49. The van der Waals surface area contributed by atoms with E-state index in [4.69, 9.17) is 31.9 Å². The number of amides is 3. The first-order valence-corrected chi connectivity index (χ1v) is 14.1. The minimum absolute atomic E-state index is 0.0439. The molecule has 0 radical (unpaired) electrons. The molecule has 0 aliphatic carbocycles. The van der Waals surface area contributed by atoms with Crippen molar-refractivity contribution in [1.29, 1.82) is 0 Å². The molecule has 4 atom stereocenters. The molecule has 226 valence electrons. The fraction of sp³-hybridized carbons (Fsp3) is 0.619. The van der Waals surface area contributed by atoms with Crippen LogP contribution in [0.15, 0.2) is 0 Å². The largest absolute Gasteiger partial charge is 0.480 e. The Hall–Kier alpha value is -3.42. The van der Waals surface area contributed by atoms with E-state index in [0.29, 0.717) is 0 Å². The van der Waals surface area contributed by atoms with Crippen LogP contribution in [0.5, 0.6) is 0 Å². The average molecular weight is 612 g/mol. The lowest BCUT2D eigenvalue weighted by Gasteiger charge is -2.19. The lowest BCUT2D eigenvalue weighted by atomic mass is 9.99. The molecule has 0 heterocycles. The van der Waals surface area contributed by atoms with Gasteiger partial charge in [-0.25, -0.2) is 0 Å². The number of carboxylic acid groups (broad SMARTS) is 4. The topological polar surface area (TPSA) is 306 Å². The van der Waals surface area contributed by atoms with Crippen molar-refractivity contribution in [2.24, 2.45) is 17.4 Å². The lowest BCUT2D eigenvalue weighted by molar-refractivity contribution is -0.140. The van der Waals surface area contributed by atoms with Gasteiger partial charge in [-0.2, -0.15) is 0 Å². The molecule has 0 unspecified atom stereocenters. The van der Waals surface area contributed by atoms with Crippen molar-refractivity contribution in [2.75, 3.05) is 24.6 Å². The molecule has 17 nitrogen and oxygen atoms in total. The second-order valence-corrected chi connectivity index (χ2v) is 10.9. The molecular weight excluding hydrogens is 578 g/mol. The normalized spacial score (nSPS) is 13.7. The van der Waals surface area contributed by atoms with Crippen molar-refractivity contribution >= 4 is 69.0 Å². The predicted octanol–water partition coefficient (Wildman–Crippen LogP) is -2.79. The Bertz CT molecular complexity index is 877. The molecule has 40 heavy (non-hydrogen) atoms. The van der Waals surface area contributed by atoms with Gasteiger partial charge in [0.2, 0.25) is 17.7 Å². The van der Waals surface area contributed by atoms with E-state index in [1.54, 1.807) is 0 Å². The van der Waals surface area contributed by atoms with E-state index in [0.717, 1.165) is 21.6 Å². The van der Waals surface area contributed by atoms with Gasteiger partial charge in [0.1, 0.15) is 37.0 Å². The van der Waals surface area contributed by atoms with E-state index in [1.807, 2.05) is 0 Å². The standard InChI is InChI=1S/C21H33N5O12S2/c22-12(20(35)36)2-1-11(27)5-10(18(33)24-6-16(29)30)8-39-40-9-14(19(34)25-7-17(31)32)26-15(28)4-3-13(23)21(37)38/h10,12-14H,1-9,22-23H2,(H,24,33)(H,25,34)(H,26,28)(H,29,30)(H,31,32)(H,35,36)(H,37,38)/t10-,12-,13-,14-/m0/s1. The number of Topliss-reactive ketones (excluding diaryl/α,β-unsaturated/α-hetero) is 1. The van der Waals surface area contributed by atoms with Gasteiger partial charge in [0.25, 0.3) is 0 Å². The third kappa shape index (κ3) is 17.2. The van der Waals surface area contributed by atoms with Gasteiger partial charge >= 0.3 is 23.9 Å². The Morgan fingerprint density at radius 2 is 1.15 bits per heavy atom. The molecule has 19 heteroatoms. The molecule has 0 fully saturated rings. The second-order valence-electron chi connectivity index (χ2n) is 8.32. The molecule has 0 aromatic rings. The van der Waals surface area contributed by atoms with Gasteiger partial charge in [-0.15, -0.1) is 0 Å². The van der Waals surface area contributed by atoms with Crippen molar-refractivity contribution in [3.05, 3.63) is 0 Å². The summed E-state index contributed by atoms with van der Waals surface area (Å²) < 4.78 is 0. The molecule has 0 rings (SSSR count). The molecule has 0 aromatic carbocycles. The third-order valence-corrected chi connectivity index (χ3v) is 7.45. The second kappa shape index (κ2) is 19.6. The molecule has 0 spiro atoms. The van der Waals surface area contributed by atoms with Gasteiger partial charge in [0.05, 0.1) is 5.92 Å². The maximum atomic E-state index is 12.4. The van der Waals surface area contributed by atoms with E-state index < -0.39 is 84.5 Å². The van der Waals surface area contributed by atoms with Crippen molar-refractivity contribution in [2.45, 2.75) is 50.2 Å². The molecule has 0 saturated carbocycles. The smallest absolute Gasteiger partial charge is 0.322 e. The molecular formula is C21H33N5O12S2. The SMILES string of the molecule is N[C@@H](CCC(=O)C[C@@H](CSSC[C@H](NC(=O)CC[C@H](N)C(=O)O)C(=O)NCC(=O)O)C(=O)NCC(=O)O)C(=O)O. The number of hydrogen-bond donors (Lipinski definition) is 9. The summed E-state index contributed by atoms with van der Waals surface area (Å²) in [6.07, 6.45) is -1.27. The Morgan fingerprint density at radius 3 is 1.65 bits per heavy atom. The van der Waals surface area contributed by atoms with Gasteiger partial charge in [0, 0.05) is 30.8 Å². The van der Waals surface area contributed by atoms with Gasteiger partial charge in [-0.3, -0.25) is 38.4 Å². The zero-order chi connectivity index (χ0) is 30.8. The van der Waals surface area contributed by atoms with Gasteiger partial charge in [-0.1, -0.05) is 21.6 Å². The number of hydrogen-bond acceptors (Lipinski definition) is 12. The zero-order valence-electron chi connectivity index (χ0n) is 21.2. The van der Waals surface area contributed by atoms with E-state index >= 15 is 0 Å². The van der Waals surface area contributed by atoms with E-state index in [1.165, 1.54) is 0 Å². The van der Waals surface area contributed by atoms with Gasteiger partial charge < -0.3 is 47.8 Å². The average Bonchev–Trinajstić information content (AvgIpc) is 2.87. The van der Waals surface area contributed by atoms with Crippen molar-refractivity contribution in [3.8, 4) is 0 Å². The maximum absolute atomic E-state index is 12.4. The Kier molecular flexibility index (Phi) is 17.9. The number of ketones is 1. The van der Waals surface area contributed by atoms with E-state index in [-0.39, 0.29) is 43.6 Å². The first kappa shape index (κ1) is 36.6. The quantitative estimate of drug-likeness (QED) is 0.0441. The summed E-state index contributed by atoms with van der Waals surface area (Å²) in [4.78, 5) is 92.5. The molecule has 0 aromatic heterocycles. The first-order valence-electron chi connectivity index (χ1n) is 11.6. The number of carboxylic acids is 4. The molecule has 0 bridgehead atoms. The molecule has 3 amide bonds. The summed E-state index contributed by atoms with van der Waals surface area (Å²) in [5.41, 5.74) is 10.7. The minimum Gasteiger partial charge on any atom is -0.480 e. The van der Waals surface area contributed by atoms with Crippen LogP contribution in [0, 0.1) is 5.92 Å². The van der Waals surface area contributed by atoms with Crippen LogP contribution in [-0.2, 0) is 38.4 Å². The molecule has 0 aliphatic heterocycles. The summed E-state index contributed by atoms with van der Waals surface area (Å²) >= 11 is 0. The number of rotatable bonds is 22. The number of nitrogens with one attached hydrogen (secondary N) is 3. The third-order valence-electron chi connectivity index (χ3n) is 4.96. The van der Waals surface area contributed by atoms with Crippen LogP contribution in [0.25, 0.3) is 0 Å². The van der Waals surface area contributed by atoms with Crippen LogP contribution in [0.4, 0.5) is 0 Å². The summed E-state index contributed by atoms with van der Waals surface area (Å²) in [5.74, 6) is -9.23. The van der Waals surface area contributed by atoms with Crippen molar-refractivity contribution < 1.29 is 58.8 Å². The van der Waals surface area contributed by atoms with Crippen LogP contribution >= 0.6 is 21.6 Å². The van der Waals surface area contributed by atoms with Gasteiger partial charge in [0.15, 0.2) is 0 Å². The van der Waals surface area contributed by atoms with Crippen LogP contribution in [0.3, 0.4) is 0 Å². The first-order chi connectivity index (χ1) is 18.6. The molecule has 11 N–H and O–H groups in total. The van der Waals surface area contributed by atoms with Crippen molar-refractivity contribution in [1.82, 2.24) is 16.0 Å². The predicted molar refractivity (Wildman–Crippen MR) is 141 cm³/mol. The highest BCUT2D eigenvalue weighted by atomic mass is 33.1. The monoisotopic (exact) mass is 611 g/mol. The highest BCUT2D eigenvalue weighted by Crippen LogP contribution is 2.27. The maximum Gasteiger partial charge on any atom is 0.322 e. The molecule has 0 aliphatic rings. The van der Waals surface area contributed by atoms with E-state index in [9.17, 15) is 38.4 Å². The highest BCUT2D eigenvalue weighted by Gasteiger charge is 2.26. The fourth-order valence-corrected chi connectivity index (χ4v) is 5.22. The Morgan fingerprint density at radius 1 is 0.675 bits per heavy atom. The van der Waals surface area contributed by atoms with Crippen LogP contribution < -0.4 is 27.4 Å². The number of nitrogens with two attached hydrogens (primary N) is 2. The van der Waals surface area contributed by atoms with Crippen LogP contribution in [0.1, 0.15) is 32.1 Å².